The Labute approximate surface area is 182 Å². The molecule has 4 aromatic rings. The number of aromatic nitrogens is 3. The molecule has 1 fully saturated rings. The van der Waals surface area contributed by atoms with Crippen molar-refractivity contribution in [3.63, 3.8) is 0 Å². The molecule has 2 aromatic carbocycles. The van der Waals surface area contributed by atoms with Gasteiger partial charge < -0.3 is 14.9 Å². The molecule has 32 heavy (non-hydrogen) atoms. The number of benzene rings is 2. The molecule has 0 spiro atoms. The van der Waals surface area contributed by atoms with Crippen LogP contribution in [0.15, 0.2) is 55.1 Å². The van der Waals surface area contributed by atoms with Crippen molar-refractivity contribution in [1.82, 2.24) is 19.9 Å². The lowest BCUT2D eigenvalue weighted by molar-refractivity contribution is -0.122. The van der Waals surface area contributed by atoms with Crippen LogP contribution in [0.25, 0.3) is 22.2 Å². The number of H-pyrrole nitrogens is 1. The van der Waals surface area contributed by atoms with Crippen LogP contribution in [0.2, 0.25) is 0 Å². The Kier molecular flexibility index (Phi) is 5.20. The SMILES string of the molecule is O=C(Cn1ccnc1)NC[C@H]1C[C@@H](c2c(-c3ccc(F)cc3)[nH]c3c(F)cc(F)cc32)C1. The highest BCUT2D eigenvalue weighted by Gasteiger charge is 2.34. The van der Waals surface area contributed by atoms with Gasteiger partial charge in [-0.1, -0.05) is 0 Å². The highest BCUT2D eigenvalue weighted by molar-refractivity contribution is 5.92. The molecule has 0 aliphatic heterocycles. The standard InChI is InChI=1S/C24H21F3N4O/c25-17-3-1-15(2-4-17)23-22(19-9-18(26)10-20(27)24(19)30-23)16-7-14(8-16)11-29-21(32)12-31-6-5-28-13-31/h1-6,9-10,13-14,16,30H,7-8,11-12H2,(H,29,32)/t14-,16+. The fraction of sp³-hybridized carbons (Fsp3) is 0.250. The zero-order chi connectivity index (χ0) is 22.2. The van der Waals surface area contributed by atoms with Crippen LogP contribution in [-0.2, 0) is 11.3 Å². The quantitative estimate of drug-likeness (QED) is 0.456. The van der Waals surface area contributed by atoms with Crippen molar-refractivity contribution in [1.29, 1.82) is 0 Å². The molecule has 1 amide bonds. The molecule has 164 valence electrons. The van der Waals surface area contributed by atoms with E-state index in [9.17, 15) is 18.0 Å². The van der Waals surface area contributed by atoms with Gasteiger partial charge in [0.05, 0.1) is 17.5 Å². The number of nitrogens with zero attached hydrogens (tertiary/aromatic N) is 2. The van der Waals surface area contributed by atoms with E-state index in [-0.39, 0.29) is 35.6 Å². The summed E-state index contributed by atoms with van der Waals surface area (Å²) in [5, 5.41) is 3.45. The Hall–Kier alpha value is -3.55. The summed E-state index contributed by atoms with van der Waals surface area (Å²) in [7, 11) is 0. The highest BCUT2D eigenvalue weighted by atomic mass is 19.1. The second kappa shape index (κ2) is 8.18. The summed E-state index contributed by atoms with van der Waals surface area (Å²) in [5.41, 5.74) is 2.48. The summed E-state index contributed by atoms with van der Waals surface area (Å²) >= 11 is 0. The predicted octanol–water partition coefficient (Wildman–Crippen LogP) is 4.76. The number of carbonyl (C=O) groups is 1. The van der Waals surface area contributed by atoms with Crippen LogP contribution < -0.4 is 5.32 Å². The van der Waals surface area contributed by atoms with Gasteiger partial charge >= 0.3 is 0 Å². The van der Waals surface area contributed by atoms with Crippen molar-refractivity contribution in [2.75, 3.05) is 6.54 Å². The molecule has 1 aliphatic carbocycles. The van der Waals surface area contributed by atoms with Crippen molar-refractivity contribution in [2.45, 2.75) is 25.3 Å². The van der Waals surface area contributed by atoms with Gasteiger partial charge in [-0.25, -0.2) is 18.2 Å². The molecule has 0 unspecified atom stereocenters. The van der Waals surface area contributed by atoms with Crippen LogP contribution in [0, 0.1) is 23.4 Å². The Morgan fingerprint density at radius 2 is 1.91 bits per heavy atom. The van der Waals surface area contributed by atoms with Gasteiger partial charge in [0.2, 0.25) is 5.91 Å². The third kappa shape index (κ3) is 3.88. The fourth-order valence-corrected chi connectivity index (χ4v) is 4.51. The number of nitrogens with one attached hydrogen (secondary N) is 2. The molecule has 1 aliphatic rings. The number of halogens is 3. The smallest absolute Gasteiger partial charge is 0.239 e. The van der Waals surface area contributed by atoms with Crippen LogP contribution in [-0.4, -0.2) is 27.0 Å². The van der Waals surface area contributed by atoms with E-state index in [1.54, 1.807) is 35.4 Å². The summed E-state index contributed by atoms with van der Waals surface area (Å²) in [4.78, 5) is 19.1. The summed E-state index contributed by atoms with van der Waals surface area (Å²) in [5.74, 6) is -1.38. The van der Waals surface area contributed by atoms with Gasteiger partial charge in [0, 0.05) is 30.4 Å². The minimum atomic E-state index is -0.655. The van der Waals surface area contributed by atoms with Crippen molar-refractivity contribution >= 4 is 16.8 Å². The normalized spacial score (nSPS) is 18.0. The van der Waals surface area contributed by atoms with Crippen LogP contribution in [0.4, 0.5) is 13.2 Å². The van der Waals surface area contributed by atoms with Gasteiger partial charge in [-0.3, -0.25) is 4.79 Å². The number of hydrogen-bond acceptors (Lipinski definition) is 2. The van der Waals surface area contributed by atoms with E-state index < -0.39 is 11.6 Å². The topological polar surface area (TPSA) is 62.7 Å². The van der Waals surface area contributed by atoms with E-state index in [4.69, 9.17) is 0 Å². The Morgan fingerprint density at radius 3 is 2.62 bits per heavy atom. The summed E-state index contributed by atoms with van der Waals surface area (Å²) in [6, 6.07) is 8.16. The van der Waals surface area contributed by atoms with Crippen LogP contribution >= 0.6 is 0 Å². The van der Waals surface area contributed by atoms with E-state index >= 15 is 0 Å². The first-order valence-electron chi connectivity index (χ1n) is 10.5. The van der Waals surface area contributed by atoms with Crippen LogP contribution in [0.3, 0.4) is 0 Å². The summed E-state index contributed by atoms with van der Waals surface area (Å²) < 4.78 is 43.6. The second-order valence-electron chi connectivity index (χ2n) is 8.30. The zero-order valence-corrected chi connectivity index (χ0v) is 17.1. The van der Waals surface area contributed by atoms with Crippen molar-refractivity contribution in [3.05, 3.63) is 78.1 Å². The molecular formula is C24H21F3N4O. The zero-order valence-electron chi connectivity index (χ0n) is 17.1. The maximum Gasteiger partial charge on any atom is 0.239 e. The third-order valence-electron chi connectivity index (χ3n) is 6.11. The van der Waals surface area contributed by atoms with Gasteiger partial charge in [-0.2, -0.15) is 0 Å². The van der Waals surface area contributed by atoms with Gasteiger partial charge in [0.25, 0.3) is 0 Å². The predicted molar refractivity (Wildman–Crippen MR) is 114 cm³/mol. The first-order chi connectivity index (χ1) is 15.5. The molecule has 8 heteroatoms. The van der Waals surface area contributed by atoms with E-state index in [2.05, 4.69) is 15.3 Å². The molecule has 2 aromatic heterocycles. The highest BCUT2D eigenvalue weighted by Crippen LogP contribution is 2.48. The van der Waals surface area contributed by atoms with Crippen molar-refractivity contribution < 1.29 is 18.0 Å². The Morgan fingerprint density at radius 1 is 1.12 bits per heavy atom. The third-order valence-corrected chi connectivity index (χ3v) is 6.11. The van der Waals surface area contributed by atoms with E-state index in [1.807, 2.05) is 0 Å². The molecular weight excluding hydrogens is 417 g/mol. The average Bonchev–Trinajstić information content (AvgIpc) is 3.36. The Bertz CT molecular complexity index is 1260. The largest absolute Gasteiger partial charge is 0.354 e. The fourth-order valence-electron chi connectivity index (χ4n) is 4.51. The molecule has 5 rings (SSSR count). The molecule has 0 bridgehead atoms. The number of hydrogen-bond donors (Lipinski definition) is 2. The lowest BCUT2D eigenvalue weighted by Gasteiger charge is -2.36. The molecule has 2 heterocycles. The van der Waals surface area contributed by atoms with Crippen LogP contribution in [0.5, 0.6) is 0 Å². The van der Waals surface area contributed by atoms with Crippen LogP contribution in [0.1, 0.15) is 24.3 Å². The van der Waals surface area contributed by atoms with E-state index in [0.29, 0.717) is 17.6 Å². The Balaban J connectivity index is 1.35. The summed E-state index contributed by atoms with van der Waals surface area (Å²) in [6.07, 6.45) is 6.50. The lowest BCUT2D eigenvalue weighted by Crippen LogP contribution is -2.36. The van der Waals surface area contributed by atoms with Crippen molar-refractivity contribution in [2.24, 2.45) is 5.92 Å². The number of amides is 1. The number of aromatic amines is 1. The van der Waals surface area contributed by atoms with Gasteiger partial charge in [0.15, 0.2) is 0 Å². The van der Waals surface area contributed by atoms with E-state index in [1.165, 1.54) is 18.2 Å². The molecule has 1 saturated carbocycles. The number of carbonyl (C=O) groups excluding carboxylic acids is 1. The van der Waals surface area contributed by atoms with Gasteiger partial charge in [-0.15, -0.1) is 0 Å². The molecule has 2 N–H and O–H groups in total. The molecule has 5 nitrogen and oxygen atoms in total. The number of imidazole rings is 1. The lowest BCUT2D eigenvalue weighted by atomic mass is 9.70. The maximum absolute atomic E-state index is 14.5. The summed E-state index contributed by atoms with van der Waals surface area (Å²) in [6.45, 7) is 0.757. The molecule has 0 radical (unpaired) electrons. The first kappa shape index (κ1) is 20.4. The molecule has 0 atom stereocenters. The van der Waals surface area contributed by atoms with Gasteiger partial charge in [0.1, 0.15) is 24.0 Å². The average molecular weight is 438 g/mol. The maximum atomic E-state index is 14.5. The number of rotatable bonds is 6. The van der Waals surface area contributed by atoms with Crippen molar-refractivity contribution in [3.8, 4) is 11.3 Å². The minimum absolute atomic E-state index is 0.0838. The van der Waals surface area contributed by atoms with Gasteiger partial charge in [-0.05, 0) is 66.1 Å². The van der Waals surface area contributed by atoms with E-state index in [0.717, 1.165) is 30.0 Å². The second-order valence-corrected chi connectivity index (χ2v) is 8.30. The minimum Gasteiger partial charge on any atom is -0.354 e. The first-order valence-corrected chi connectivity index (χ1v) is 10.5. The molecule has 0 saturated heterocycles. The number of fused-ring (bicyclic) bond motifs is 1. The monoisotopic (exact) mass is 438 g/mol.